The van der Waals surface area contributed by atoms with Gasteiger partial charge >= 0.3 is 5.97 Å². The number of carbonyl (C=O) groups is 1. The summed E-state index contributed by atoms with van der Waals surface area (Å²) in [4.78, 5) is 12.6. The van der Waals surface area contributed by atoms with Gasteiger partial charge in [0.1, 0.15) is 6.42 Å². The van der Waals surface area contributed by atoms with Crippen LogP contribution < -0.4 is 0 Å². The normalized spacial score (nSPS) is 9.50. The second kappa shape index (κ2) is 6.62. The molecule has 0 N–H and O–H groups in total. The van der Waals surface area contributed by atoms with E-state index in [1.54, 1.807) is 6.07 Å². The van der Waals surface area contributed by atoms with Gasteiger partial charge in [-0.15, -0.1) is 0 Å². The number of hydrogen-bond acceptors (Lipinski definition) is 4. The molecule has 68 valence electrons. The Balaban J connectivity index is 3.21. The molecule has 4 heteroatoms. The molecule has 0 aliphatic heterocycles. The molecular formula is C8H14N2O2. The molecule has 0 radical (unpaired) electrons. The van der Waals surface area contributed by atoms with Gasteiger partial charge in [-0.2, -0.15) is 5.26 Å². The summed E-state index contributed by atoms with van der Waals surface area (Å²) in [5, 5.41) is 8.12. The van der Waals surface area contributed by atoms with Crippen LogP contribution in [-0.4, -0.2) is 38.1 Å². The van der Waals surface area contributed by atoms with Crippen molar-refractivity contribution in [2.75, 3.05) is 27.2 Å². The minimum Gasteiger partial charge on any atom is -0.465 e. The van der Waals surface area contributed by atoms with E-state index in [-0.39, 0.29) is 6.42 Å². The lowest BCUT2D eigenvalue weighted by Crippen LogP contribution is -2.16. The third-order valence-corrected chi connectivity index (χ3v) is 1.24. The van der Waals surface area contributed by atoms with Gasteiger partial charge < -0.3 is 9.64 Å². The van der Waals surface area contributed by atoms with Gasteiger partial charge in [-0.3, -0.25) is 4.79 Å². The number of carbonyl (C=O) groups excluding carboxylic acids is 1. The highest BCUT2D eigenvalue weighted by molar-refractivity contribution is 5.71. The van der Waals surface area contributed by atoms with Crippen molar-refractivity contribution in [3.05, 3.63) is 0 Å². The van der Waals surface area contributed by atoms with Gasteiger partial charge in [0.25, 0.3) is 0 Å². The Kier molecular flexibility index (Phi) is 6.02. The van der Waals surface area contributed by atoms with Gasteiger partial charge in [0.15, 0.2) is 0 Å². The fraction of sp³-hybridized carbons (Fsp3) is 0.750. The Hall–Kier alpha value is -1.08. The predicted molar refractivity (Wildman–Crippen MR) is 44.4 cm³/mol. The van der Waals surface area contributed by atoms with Crippen molar-refractivity contribution in [3.8, 4) is 6.07 Å². The van der Waals surface area contributed by atoms with Crippen LogP contribution in [0.5, 0.6) is 0 Å². The molecule has 0 aromatic carbocycles. The van der Waals surface area contributed by atoms with Crippen molar-refractivity contribution in [1.82, 2.24) is 4.90 Å². The molecule has 0 fully saturated rings. The molecule has 12 heavy (non-hydrogen) atoms. The van der Waals surface area contributed by atoms with Crippen molar-refractivity contribution in [2.45, 2.75) is 12.8 Å². The van der Waals surface area contributed by atoms with Gasteiger partial charge in [-0.25, -0.2) is 0 Å². The molecule has 0 aromatic heterocycles. The Morgan fingerprint density at radius 3 is 2.75 bits per heavy atom. The van der Waals surface area contributed by atoms with Crippen molar-refractivity contribution in [1.29, 1.82) is 5.26 Å². The average Bonchev–Trinajstić information content (AvgIpc) is 1.98. The van der Waals surface area contributed by atoms with Crippen molar-refractivity contribution < 1.29 is 9.53 Å². The summed E-state index contributed by atoms with van der Waals surface area (Å²) in [5.74, 6) is -0.434. The van der Waals surface area contributed by atoms with Crippen molar-refractivity contribution in [2.24, 2.45) is 0 Å². The highest BCUT2D eigenvalue weighted by Crippen LogP contribution is 1.88. The van der Waals surface area contributed by atoms with Gasteiger partial charge in [0.2, 0.25) is 0 Å². The zero-order valence-electron chi connectivity index (χ0n) is 7.54. The lowest BCUT2D eigenvalue weighted by atomic mass is 10.4. The topological polar surface area (TPSA) is 53.3 Å². The lowest BCUT2D eigenvalue weighted by molar-refractivity contribution is -0.142. The van der Waals surface area contributed by atoms with E-state index >= 15 is 0 Å². The molecule has 0 atom stereocenters. The zero-order chi connectivity index (χ0) is 9.40. The van der Waals surface area contributed by atoms with E-state index in [1.165, 1.54) is 0 Å². The standard InChI is InChI=1S/C8H14N2O2/c1-10(2)6-3-7-12-8(11)4-5-9/h3-4,6-7H2,1-2H3. The molecule has 0 saturated carbocycles. The van der Waals surface area contributed by atoms with Gasteiger partial charge in [0, 0.05) is 6.54 Å². The molecule has 0 aromatic rings. The van der Waals surface area contributed by atoms with Crippen LogP contribution in [-0.2, 0) is 9.53 Å². The second-order valence-corrected chi connectivity index (χ2v) is 2.71. The van der Waals surface area contributed by atoms with Crippen molar-refractivity contribution in [3.63, 3.8) is 0 Å². The largest absolute Gasteiger partial charge is 0.465 e. The van der Waals surface area contributed by atoms with Gasteiger partial charge in [-0.05, 0) is 20.5 Å². The summed E-state index contributed by atoms with van der Waals surface area (Å²) in [6, 6.07) is 1.73. The summed E-state index contributed by atoms with van der Waals surface area (Å²) in [7, 11) is 3.91. The highest BCUT2D eigenvalue weighted by atomic mass is 16.5. The first-order chi connectivity index (χ1) is 5.66. The second-order valence-electron chi connectivity index (χ2n) is 2.71. The van der Waals surface area contributed by atoms with Crippen LogP contribution in [0.3, 0.4) is 0 Å². The van der Waals surface area contributed by atoms with Crippen molar-refractivity contribution >= 4 is 5.97 Å². The van der Waals surface area contributed by atoms with Crippen LogP contribution in [0.4, 0.5) is 0 Å². The Bertz CT molecular complexity index is 172. The number of nitriles is 1. The fourth-order valence-electron chi connectivity index (χ4n) is 0.682. The minimum atomic E-state index is -0.434. The van der Waals surface area contributed by atoms with Gasteiger partial charge in [-0.1, -0.05) is 0 Å². The maximum Gasteiger partial charge on any atom is 0.320 e. The van der Waals surface area contributed by atoms with Gasteiger partial charge in [0.05, 0.1) is 12.7 Å². The minimum absolute atomic E-state index is 0.151. The molecule has 0 heterocycles. The summed E-state index contributed by atoms with van der Waals surface area (Å²) in [6.45, 7) is 1.29. The summed E-state index contributed by atoms with van der Waals surface area (Å²) in [6.07, 6.45) is 0.659. The number of nitrogens with zero attached hydrogens (tertiary/aromatic N) is 2. The van der Waals surface area contributed by atoms with Crippen LogP contribution in [0.2, 0.25) is 0 Å². The molecular weight excluding hydrogens is 156 g/mol. The third-order valence-electron chi connectivity index (χ3n) is 1.24. The van der Waals surface area contributed by atoms with E-state index in [0.717, 1.165) is 13.0 Å². The molecule has 0 unspecified atom stereocenters. The lowest BCUT2D eigenvalue weighted by Gasteiger charge is -2.08. The third kappa shape index (κ3) is 7.03. The zero-order valence-corrected chi connectivity index (χ0v) is 7.54. The van der Waals surface area contributed by atoms with E-state index in [4.69, 9.17) is 10.00 Å². The maximum absolute atomic E-state index is 10.6. The van der Waals surface area contributed by atoms with E-state index in [9.17, 15) is 4.79 Å². The summed E-state index contributed by atoms with van der Waals surface area (Å²) >= 11 is 0. The summed E-state index contributed by atoms with van der Waals surface area (Å²) in [5.41, 5.74) is 0. The van der Waals surface area contributed by atoms with E-state index in [1.807, 2.05) is 19.0 Å². The number of rotatable bonds is 5. The quantitative estimate of drug-likeness (QED) is 0.442. The molecule has 0 aliphatic carbocycles. The number of hydrogen-bond donors (Lipinski definition) is 0. The predicted octanol–water partition coefficient (Wildman–Crippen LogP) is 0.395. The van der Waals surface area contributed by atoms with Crippen LogP contribution in [0.25, 0.3) is 0 Å². The Labute approximate surface area is 72.7 Å². The number of ether oxygens (including phenoxy) is 1. The average molecular weight is 170 g/mol. The molecule has 0 saturated heterocycles. The first-order valence-corrected chi connectivity index (χ1v) is 3.84. The first kappa shape index (κ1) is 10.9. The Morgan fingerprint density at radius 1 is 1.58 bits per heavy atom. The highest BCUT2D eigenvalue weighted by Gasteiger charge is 1.99. The number of esters is 1. The van der Waals surface area contributed by atoms with Crippen LogP contribution in [0.15, 0.2) is 0 Å². The van der Waals surface area contributed by atoms with Crippen LogP contribution in [0.1, 0.15) is 12.8 Å². The molecule has 4 nitrogen and oxygen atoms in total. The van der Waals surface area contributed by atoms with E-state index < -0.39 is 5.97 Å². The first-order valence-electron chi connectivity index (χ1n) is 3.84. The smallest absolute Gasteiger partial charge is 0.320 e. The SMILES string of the molecule is CN(C)CCCOC(=O)CC#N. The molecule has 0 rings (SSSR count). The van der Waals surface area contributed by atoms with Crippen LogP contribution >= 0.6 is 0 Å². The Morgan fingerprint density at radius 2 is 2.25 bits per heavy atom. The van der Waals surface area contributed by atoms with Crippen LogP contribution in [0, 0.1) is 11.3 Å². The molecule has 0 bridgehead atoms. The monoisotopic (exact) mass is 170 g/mol. The fourth-order valence-corrected chi connectivity index (χ4v) is 0.682. The van der Waals surface area contributed by atoms with E-state index in [0.29, 0.717) is 6.61 Å². The van der Waals surface area contributed by atoms with E-state index in [2.05, 4.69) is 0 Å². The summed E-state index contributed by atoms with van der Waals surface area (Å²) < 4.78 is 4.74. The molecule has 0 aliphatic rings. The maximum atomic E-state index is 10.6. The molecule has 0 spiro atoms. The molecule has 0 amide bonds.